The number of carbonyl (C=O) groups is 2. The van der Waals surface area contributed by atoms with E-state index >= 15 is 0 Å². The van der Waals surface area contributed by atoms with Crippen LogP contribution >= 0.6 is 0 Å². The summed E-state index contributed by atoms with van der Waals surface area (Å²) in [5, 5.41) is 13.4. The molecule has 1 saturated heterocycles. The van der Waals surface area contributed by atoms with Crippen molar-refractivity contribution < 1.29 is 24.0 Å². The lowest BCUT2D eigenvalue weighted by Gasteiger charge is -2.27. The molecule has 1 aliphatic heterocycles. The lowest BCUT2D eigenvalue weighted by atomic mass is 10.1. The number of non-ortho nitro benzene ring substituents is 1. The van der Waals surface area contributed by atoms with Crippen molar-refractivity contribution in [3.8, 4) is 0 Å². The number of hydrogen-bond acceptors (Lipinski definition) is 7. The SMILES string of the molecule is O=C(COC(=O)/C=C/c1ccc([N+](=O)[O-])cc1)NCc1ccccc1CN1CCOCC1. The van der Waals surface area contributed by atoms with Crippen LogP contribution in [0.25, 0.3) is 6.08 Å². The molecule has 32 heavy (non-hydrogen) atoms. The molecule has 1 heterocycles. The number of benzene rings is 2. The molecule has 0 unspecified atom stereocenters. The zero-order valence-corrected chi connectivity index (χ0v) is 17.6. The van der Waals surface area contributed by atoms with Crippen LogP contribution in [-0.2, 0) is 32.2 Å². The number of amides is 1. The molecule has 9 nitrogen and oxygen atoms in total. The number of nitrogens with zero attached hydrogens (tertiary/aromatic N) is 2. The second-order valence-corrected chi connectivity index (χ2v) is 7.22. The second kappa shape index (κ2) is 11.7. The van der Waals surface area contributed by atoms with Gasteiger partial charge in [0.05, 0.1) is 18.1 Å². The van der Waals surface area contributed by atoms with Crippen LogP contribution in [0.2, 0.25) is 0 Å². The summed E-state index contributed by atoms with van der Waals surface area (Å²) in [6.07, 6.45) is 2.64. The number of rotatable bonds is 9. The first-order valence-corrected chi connectivity index (χ1v) is 10.2. The fourth-order valence-electron chi connectivity index (χ4n) is 3.19. The van der Waals surface area contributed by atoms with Crippen LogP contribution in [-0.4, -0.2) is 54.6 Å². The maximum absolute atomic E-state index is 12.1. The van der Waals surface area contributed by atoms with Crippen molar-refractivity contribution in [2.75, 3.05) is 32.9 Å². The van der Waals surface area contributed by atoms with E-state index in [-0.39, 0.29) is 5.69 Å². The fraction of sp³-hybridized carbons (Fsp3) is 0.304. The molecule has 0 aliphatic carbocycles. The summed E-state index contributed by atoms with van der Waals surface area (Å²) < 4.78 is 10.3. The zero-order chi connectivity index (χ0) is 22.8. The molecule has 0 spiro atoms. The maximum atomic E-state index is 12.1. The number of carbonyl (C=O) groups excluding carboxylic acids is 2. The molecule has 168 valence electrons. The largest absolute Gasteiger partial charge is 0.452 e. The third-order valence-corrected chi connectivity index (χ3v) is 4.95. The highest BCUT2D eigenvalue weighted by atomic mass is 16.6. The highest BCUT2D eigenvalue weighted by molar-refractivity contribution is 5.89. The Morgan fingerprint density at radius 2 is 1.78 bits per heavy atom. The van der Waals surface area contributed by atoms with Crippen molar-refractivity contribution in [1.82, 2.24) is 10.2 Å². The molecule has 0 atom stereocenters. The van der Waals surface area contributed by atoms with E-state index in [1.165, 1.54) is 36.4 Å². The van der Waals surface area contributed by atoms with Crippen molar-refractivity contribution in [1.29, 1.82) is 0 Å². The van der Waals surface area contributed by atoms with Gasteiger partial charge in [0.1, 0.15) is 0 Å². The minimum Gasteiger partial charge on any atom is -0.452 e. The van der Waals surface area contributed by atoms with Gasteiger partial charge in [-0.25, -0.2) is 4.79 Å². The third kappa shape index (κ3) is 7.29. The number of ether oxygens (including phenoxy) is 2. The molecule has 2 aromatic carbocycles. The van der Waals surface area contributed by atoms with Gasteiger partial charge in [-0.1, -0.05) is 24.3 Å². The zero-order valence-electron chi connectivity index (χ0n) is 17.6. The summed E-state index contributed by atoms with van der Waals surface area (Å²) >= 11 is 0. The van der Waals surface area contributed by atoms with E-state index < -0.39 is 23.4 Å². The summed E-state index contributed by atoms with van der Waals surface area (Å²) in [4.78, 5) is 36.4. The Balaban J connectivity index is 1.43. The van der Waals surface area contributed by atoms with Crippen molar-refractivity contribution >= 4 is 23.6 Å². The van der Waals surface area contributed by atoms with Crippen LogP contribution in [0.3, 0.4) is 0 Å². The van der Waals surface area contributed by atoms with Gasteiger partial charge in [-0.3, -0.25) is 19.8 Å². The smallest absolute Gasteiger partial charge is 0.331 e. The van der Waals surface area contributed by atoms with E-state index in [1.807, 2.05) is 24.3 Å². The summed E-state index contributed by atoms with van der Waals surface area (Å²) in [5.74, 6) is -1.07. The van der Waals surface area contributed by atoms with Gasteiger partial charge in [-0.15, -0.1) is 0 Å². The van der Waals surface area contributed by atoms with Gasteiger partial charge in [0.2, 0.25) is 0 Å². The van der Waals surface area contributed by atoms with E-state index in [2.05, 4.69) is 10.2 Å². The normalized spacial score (nSPS) is 14.2. The Kier molecular flexibility index (Phi) is 8.47. The van der Waals surface area contributed by atoms with Gasteiger partial charge in [0, 0.05) is 44.4 Å². The predicted octanol–water partition coefficient (Wildman–Crippen LogP) is 2.30. The maximum Gasteiger partial charge on any atom is 0.331 e. The molecule has 0 bridgehead atoms. The molecular weight excluding hydrogens is 414 g/mol. The van der Waals surface area contributed by atoms with Crippen LogP contribution in [0.1, 0.15) is 16.7 Å². The van der Waals surface area contributed by atoms with Gasteiger partial charge < -0.3 is 14.8 Å². The Hall–Kier alpha value is -3.56. The number of nitrogens with one attached hydrogen (secondary N) is 1. The van der Waals surface area contributed by atoms with Gasteiger partial charge in [-0.2, -0.15) is 0 Å². The standard InChI is InChI=1S/C23H25N3O6/c27-22(17-32-23(28)10-7-18-5-8-21(9-6-18)26(29)30)24-15-19-3-1-2-4-20(19)16-25-11-13-31-14-12-25/h1-10H,11-17H2,(H,24,27)/b10-7+. The average Bonchev–Trinajstić information content (AvgIpc) is 2.81. The van der Waals surface area contributed by atoms with E-state index in [9.17, 15) is 19.7 Å². The van der Waals surface area contributed by atoms with Crippen LogP contribution < -0.4 is 5.32 Å². The number of nitro groups is 1. The molecular formula is C23H25N3O6. The fourth-order valence-corrected chi connectivity index (χ4v) is 3.19. The Labute approximate surface area is 185 Å². The highest BCUT2D eigenvalue weighted by Gasteiger charge is 2.13. The quantitative estimate of drug-likeness (QED) is 0.276. The monoisotopic (exact) mass is 439 g/mol. The lowest BCUT2D eigenvalue weighted by Crippen LogP contribution is -2.36. The van der Waals surface area contributed by atoms with E-state index in [1.54, 1.807) is 0 Å². The van der Waals surface area contributed by atoms with Gasteiger partial charge in [0.15, 0.2) is 6.61 Å². The first-order valence-electron chi connectivity index (χ1n) is 10.2. The summed E-state index contributed by atoms with van der Waals surface area (Å²) in [5.41, 5.74) is 2.72. The molecule has 1 fully saturated rings. The molecule has 1 N–H and O–H groups in total. The van der Waals surface area contributed by atoms with Crippen LogP contribution in [0, 0.1) is 10.1 Å². The summed E-state index contributed by atoms with van der Waals surface area (Å²) in [7, 11) is 0. The van der Waals surface area contributed by atoms with Crippen LogP contribution in [0.4, 0.5) is 5.69 Å². The number of esters is 1. The first-order chi connectivity index (χ1) is 15.5. The summed E-state index contributed by atoms with van der Waals surface area (Å²) in [6.45, 7) is 3.95. The molecule has 0 radical (unpaired) electrons. The van der Waals surface area contributed by atoms with E-state index in [0.717, 1.165) is 44.0 Å². The first kappa shape index (κ1) is 23.1. The Morgan fingerprint density at radius 1 is 1.09 bits per heavy atom. The molecule has 3 rings (SSSR count). The van der Waals surface area contributed by atoms with Crippen molar-refractivity contribution in [3.05, 3.63) is 81.4 Å². The van der Waals surface area contributed by atoms with Gasteiger partial charge in [0.25, 0.3) is 11.6 Å². The van der Waals surface area contributed by atoms with Gasteiger partial charge >= 0.3 is 5.97 Å². The van der Waals surface area contributed by atoms with Crippen LogP contribution in [0.15, 0.2) is 54.6 Å². The molecule has 0 saturated carbocycles. The molecule has 1 aliphatic rings. The summed E-state index contributed by atoms with van der Waals surface area (Å²) in [6, 6.07) is 13.6. The topological polar surface area (TPSA) is 111 Å². The molecule has 9 heteroatoms. The lowest BCUT2D eigenvalue weighted by molar-refractivity contribution is -0.384. The van der Waals surface area contributed by atoms with E-state index in [0.29, 0.717) is 12.1 Å². The Morgan fingerprint density at radius 3 is 2.47 bits per heavy atom. The number of morpholine rings is 1. The van der Waals surface area contributed by atoms with Gasteiger partial charge in [-0.05, 0) is 34.9 Å². The molecule has 0 aromatic heterocycles. The highest BCUT2D eigenvalue weighted by Crippen LogP contribution is 2.14. The second-order valence-electron chi connectivity index (χ2n) is 7.22. The third-order valence-electron chi connectivity index (χ3n) is 4.95. The minimum atomic E-state index is -0.675. The molecule has 1 amide bonds. The van der Waals surface area contributed by atoms with E-state index in [4.69, 9.17) is 9.47 Å². The van der Waals surface area contributed by atoms with Crippen molar-refractivity contribution in [2.24, 2.45) is 0 Å². The Bertz CT molecular complexity index is 968. The van der Waals surface area contributed by atoms with Crippen LogP contribution in [0.5, 0.6) is 0 Å². The van der Waals surface area contributed by atoms with Crippen molar-refractivity contribution in [3.63, 3.8) is 0 Å². The number of hydrogen-bond donors (Lipinski definition) is 1. The predicted molar refractivity (Wildman–Crippen MR) is 117 cm³/mol. The average molecular weight is 439 g/mol. The number of nitro benzene ring substituents is 1. The minimum absolute atomic E-state index is 0.0343. The molecule has 2 aromatic rings. The van der Waals surface area contributed by atoms with Crippen molar-refractivity contribution in [2.45, 2.75) is 13.1 Å².